The molecule has 0 radical (unpaired) electrons. The van der Waals surface area contributed by atoms with Crippen molar-refractivity contribution in [3.63, 3.8) is 0 Å². The van der Waals surface area contributed by atoms with Crippen molar-refractivity contribution < 1.29 is 5.11 Å². The highest BCUT2D eigenvalue weighted by molar-refractivity contribution is 5.85. The van der Waals surface area contributed by atoms with Gasteiger partial charge < -0.3 is 10.0 Å². The Labute approximate surface area is 127 Å². The second-order valence-corrected chi connectivity index (χ2v) is 6.33. The van der Waals surface area contributed by atoms with Gasteiger partial charge in [0.15, 0.2) is 0 Å². The number of benzene rings is 2. The highest BCUT2D eigenvalue weighted by Crippen LogP contribution is 2.29. The van der Waals surface area contributed by atoms with E-state index < -0.39 is 5.60 Å². The maximum Gasteiger partial charge on any atom is 0.0700 e. The number of nitrogens with zero attached hydrogens (tertiary/aromatic N) is 1. The van der Waals surface area contributed by atoms with Gasteiger partial charge in [0, 0.05) is 13.0 Å². The monoisotopic (exact) mass is 283 g/mol. The van der Waals surface area contributed by atoms with Crippen LogP contribution in [0.1, 0.15) is 31.7 Å². The highest BCUT2D eigenvalue weighted by Gasteiger charge is 2.30. The molecule has 2 aromatic rings. The van der Waals surface area contributed by atoms with Crippen LogP contribution in [0, 0.1) is 0 Å². The van der Waals surface area contributed by atoms with Crippen LogP contribution in [0.3, 0.4) is 0 Å². The lowest BCUT2D eigenvalue weighted by Gasteiger charge is -2.27. The zero-order valence-corrected chi connectivity index (χ0v) is 12.9. The summed E-state index contributed by atoms with van der Waals surface area (Å²) in [5.41, 5.74) is 0.731. The van der Waals surface area contributed by atoms with Crippen molar-refractivity contribution in [3.8, 4) is 0 Å². The van der Waals surface area contributed by atoms with Crippen LogP contribution in [0.4, 0.5) is 0 Å². The summed E-state index contributed by atoms with van der Waals surface area (Å²) in [5, 5.41) is 13.6. The van der Waals surface area contributed by atoms with E-state index in [4.69, 9.17) is 0 Å². The van der Waals surface area contributed by atoms with Gasteiger partial charge in [-0.1, -0.05) is 49.4 Å². The third-order valence-electron chi connectivity index (χ3n) is 4.86. The van der Waals surface area contributed by atoms with Gasteiger partial charge >= 0.3 is 0 Å². The average molecular weight is 283 g/mol. The first-order chi connectivity index (χ1) is 10.2. The fraction of sp³-hybridized carbons (Fsp3) is 0.474. The first-order valence-electron chi connectivity index (χ1n) is 8.11. The Bertz CT molecular complexity index is 604. The molecule has 0 spiro atoms. The van der Waals surface area contributed by atoms with E-state index in [9.17, 15) is 5.11 Å². The number of rotatable bonds is 3. The minimum Gasteiger partial charge on any atom is -0.389 e. The van der Waals surface area contributed by atoms with Gasteiger partial charge in [0.1, 0.15) is 0 Å². The standard InChI is InChI=1S/C19H25NO/c1-2-20-13-6-11-19(21,12-14-20)15-17-9-5-8-16-7-3-4-10-18(16)17/h3-5,7-10,21H,2,6,11-15H2,1H3. The molecule has 0 amide bonds. The quantitative estimate of drug-likeness (QED) is 0.930. The topological polar surface area (TPSA) is 23.5 Å². The van der Waals surface area contributed by atoms with Crippen molar-refractivity contribution >= 4 is 10.8 Å². The summed E-state index contributed by atoms with van der Waals surface area (Å²) in [5.74, 6) is 0. The van der Waals surface area contributed by atoms with Crippen molar-refractivity contribution in [3.05, 3.63) is 48.0 Å². The lowest BCUT2D eigenvalue weighted by Crippen LogP contribution is -2.33. The number of aliphatic hydroxyl groups is 1. The predicted molar refractivity (Wildman–Crippen MR) is 88.6 cm³/mol. The van der Waals surface area contributed by atoms with Gasteiger partial charge in [-0.05, 0) is 48.7 Å². The normalized spacial score (nSPS) is 24.1. The van der Waals surface area contributed by atoms with Gasteiger partial charge in [-0.3, -0.25) is 0 Å². The van der Waals surface area contributed by atoms with Crippen LogP contribution in [0.5, 0.6) is 0 Å². The van der Waals surface area contributed by atoms with Crippen LogP contribution in [0.15, 0.2) is 42.5 Å². The molecule has 1 aliphatic rings. The molecule has 1 aliphatic heterocycles. The molecule has 2 aromatic carbocycles. The second-order valence-electron chi connectivity index (χ2n) is 6.33. The van der Waals surface area contributed by atoms with Crippen molar-refractivity contribution in [1.29, 1.82) is 0 Å². The number of hydrogen-bond acceptors (Lipinski definition) is 2. The zero-order valence-electron chi connectivity index (χ0n) is 12.9. The second kappa shape index (κ2) is 6.17. The Balaban J connectivity index is 1.84. The van der Waals surface area contributed by atoms with Crippen LogP contribution in [0.25, 0.3) is 10.8 Å². The van der Waals surface area contributed by atoms with E-state index in [2.05, 4.69) is 54.3 Å². The molecule has 112 valence electrons. The molecular formula is C19H25NO. The van der Waals surface area contributed by atoms with E-state index in [1.165, 1.54) is 16.3 Å². The van der Waals surface area contributed by atoms with Gasteiger partial charge in [0.25, 0.3) is 0 Å². The van der Waals surface area contributed by atoms with Crippen LogP contribution in [-0.4, -0.2) is 35.2 Å². The Hall–Kier alpha value is -1.38. The first-order valence-corrected chi connectivity index (χ1v) is 8.11. The summed E-state index contributed by atoms with van der Waals surface area (Å²) in [4.78, 5) is 2.45. The highest BCUT2D eigenvalue weighted by atomic mass is 16.3. The molecule has 2 heteroatoms. The molecule has 1 fully saturated rings. The van der Waals surface area contributed by atoms with E-state index >= 15 is 0 Å². The molecular weight excluding hydrogens is 258 g/mol. The third kappa shape index (κ3) is 3.28. The summed E-state index contributed by atoms with van der Waals surface area (Å²) < 4.78 is 0. The average Bonchev–Trinajstić information content (AvgIpc) is 2.69. The third-order valence-corrected chi connectivity index (χ3v) is 4.86. The Morgan fingerprint density at radius 1 is 1.05 bits per heavy atom. The van der Waals surface area contributed by atoms with Gasteiger partial charge in [-0.15, -0.1) is 0 Å². The number of hydrogen-bond donors (Lipinski definition) is 1. The summed E-state index contributed by atoms with van der Waals surface area (Å²) in [6.07, 6.45) is 3.65. The summed E-state index contributed by atoms with van der Waals surface area (Å²) >= 11 is 0. The molecule has 1 N–H and O–H groups in total. The fourth-order valence-corrected chi connectivity index (χ4v) is 3.53. The van der Waals surface area contributed by atoms with Crippen LogP contribution in [0.2, 0.25) is 0 Å². The van der Waals surface area contributed by atoms with E-state index in [1.54, 1.807) is 0 Å². The lowest BCUT2D eigenvalue weighted by atomic mass is 9.86. The molecule has 0 bridgehead atoms. The maximum absolute atomic E-state index is 11.1. The molecule has 3 rings (SSSR count). The van der Waals surface area contributed by atoms with Gasteiger partial charge in [0.2, 0.25) is 0 Å². The molecule has 0 aliphatic carbocycles. The molecule has 1 saturated heterocycles. The Morgan fingerprint density at radius 2 is 1.86 bits per heavy atom. The van der Waals surface area contributed by atoms with E-state index in [0.29, 0.717) is 0 Å². The molecule has 21 heavy (non-hydrogen) atoms. The fourth-order valence-electron chi connectivity index (χ4n) is 3.53. The summed E-state index contributed by atoms with van der Waals surface area (Å²) in [6.45, 7) is 5.42. The Kier molecular flexibility index (Phi) is 4.27. The van der Waals surface area contributed by atoms with Crippen LogP contribution in [-0.2, 0) is 6.42 Å². The molecule has 1 atom stereocenters. The first kappa shape index (κ1) is 14.6. The number of likely N-dealkylation sites (tertiary alicyclic amines) is 1. The van der Waals surface area contributed by atoms with Gasteiger partial charge in [-0.25, -0.2) is 0 Å². The van der Waals surface area contributed by atoms with E-state index in [-0.39, 0.29) is 0 Å². The minimum atomic E-state index is -0.548. The zero-order chi connectivity index (χ0) is 14.7. The van der Waals surface area contributed by atoms with Gasteiger partial charge in [0.05, 0.1) is 5.60 Å². The lowest BCUT2D eigenvalue weighted by molar-refractivity contribution is 0.0261. The Morgan fingerprint density at radius 3 is 2.71 bits per heavy atom. The molecule has 0 saturated carbocycles. The van der Waals surface area contributed by atoms with Gasteiger partial charge in [-0.2, -0.15) is 0 Å². The van der Waals surface area contributed by atoms with E-state index in [0.717, 1.165) is 45.3 Å². The molecule has 0 aromatic heterocycles. The van der Waals surface area contributed by atoms with Crippen molar-refractivity contribution in [2.24, 2.45) is 0 Å². The van der Waals surface area contributed by atoms with Crippen LogP contribution >= 0.6 is 0 Å². The summed E-state index contributed by atoms with van der Waals surface area (Å²) in [6, 6.07) is 14.9. The number of fused-ring (bicyclic) bond motifs is 1. The molecule has 2 nitrogen and oxygen atoms in total. The molecule has 1 heterocycles. The van der Waals surface area contributed by atoms with Crippen molar-refractivity contribution in [1.82, 2.24) is 4.90 Å². The smallest absolute Gasteiger partial charge is 0.0700 e. The van der Waals surface area contributed by atoms with Crippen molar-refractivity contribution in [2.75, 3.05) is 19.6 Å². The van der Waals surface area contributed by atoms with Crippen LogP contribution < -0.4 is 0 Å². The molecule has 1 unspecified atom stereocenters. The maximum atomic E-state index is 11.1. The largest absolute Gasteiger partial charge is 0.389 e. The minimum absolute atomic E-state index is 0.548. The van der Waals surface area contributed by atoms with E-state index in [1.807, 2.05) is 0 Å². The SMILES string of the molecule is CCN1CCCC(O)(Cc2cccc3ccccc23)CC1. The summed E-state index contributed by atoms with van der Waals surface area (Å²) in [7, 11) is 0. The van der Waals surface area contributed by atoms with Crippen molar-refractivity contribution in [2.45, 2.75) is 38.2 Å². The predicted octanol–water partition coefficient (Wildman–Crippen LogP) is 3.62.